The lowest BCUT2D eigenvalue weighted by Crippen LogP contribution is -2.41. The van der Waals surface area contributed by atoms with Gasteiger partial charge in [-0.3, -0.25) is 9.59 Å². The first-order chi connectivity index (χ1) is 14.6. The summed E-state index contributed by atoms with van der Waals surface area (Å²) in [5.74, 6) is 1.41. The van der Waals surface area contributed by atoms with Crippen molar-refractivity contribution in [1.82, 2.24) is 10.2 Å². The molecule has 6 heteroatoms. The van der Waals surface area contributed by atoms with E-state index in [9.17, 15) is 9.59 Å². The van der Waals surface area contributed by atoms with Gasteiger partial charge in [-0.2, -0.15) is 0 Å². The molecule has 0 atom stereocenters. The van der Waals surface area contributed by atoms with E-state index in [1.54, 1.807) is 44.6 Å². The van der Waals surface area contributed by atoms with E-state index in [2.05, 4.69) is 5.32 Å². The largest absolute Gasteiger partial charge is 0.493 e. The number of carbonyl (C=O) groups excluding carboxylic acids is 2. The van der Waals surface area contributed by atoms with E-state index in [0.29, 0.717) is 42.6 Å². The predicted molar refractivity (Wildman–Crippen MR) is 117 cm³/mol. The number of benzene rings is 2. The number of hydrogen-bond donors (Lipinski definition) is 1. The summed E-state index contributed by atoms with van der Waals surface area (Å²) >= 11 is 0. The Bertz CT molecular complexity index is 887. The number of nitrogens with one attached hydrogen (secondary N) is 1. The molecule has 0 aromatic heterocycles. The number of rotatable bonds is 7. The van der Waals surface area contributed by atoms with Crippen LogP contribution in [0.25, 0.3) is 6.08 Å². The zero-order valence-corrected chi connectivity index (χ0v) is 17.5. The topological polar surface area (TPSA) is 67.9 Å². The van der Waals surface area contributed by atoms with Crippen molar-refractivity contribution in [2.24, 2.45) is 5.92 Å². The van der Waals surface area contributed by atoms with E-state index >= 15 is 0 Å². The molecule has 2 aromatic rings. The van der Waals surface area contributed by atoms with Crippen LogP contribution in [0, 0.1) is 5.92 Å². The molecule has 6 nitrogen and oxygen atoms in total. The molecule has 1 saturated heterocycles. The minimum atomic E-state index is -0.0947. The average Bonchev–Trinajstić information content (AvgIpc) is 2.81. The molecule has 1 N–H and O–H groups in total. The van der Waals surface area contributed by atoms with E-state index in [1.807, 2.05) is 35.2 Å². The third-order valence-electron chi connectivity index (χ3n) is 5.32. The van der Waals surface area contributed by atoms with Crippen molar-refractivity contribution in [3.05, 3.63) is 65.7 Å². The quantitative estimate of drug-likeness (QED) is 0.713. The van der Waals surface area contributed by atoms with E-state index < -0.39 is 0 Å². The Kier molecular flexibility index (Phi) is 7.49. The van der Waals surface area contributed by atoms with Crippen LogP contribution in [0.5, 0.6) is 11.5 Å². The summed E-state index contributed by atoms with van der Waals surface area (Å²) < 4.78 is 10.5. The summed E-state index contributed by atoms with van der Waals surface area (Å²) in [6, 6.07) is 15.0. The Labute approximate surface area is 177 Å². The first-order valence-corrected chi connectivity index (χ1v) is 10.1. The molecule has 1 aliphatic rings. The Hall–Kier alpha value is -3.28. The van der Waals surface area contributed by atoms with Gasteiger partial charge in [-0.05, 0) is 48.6 Å². The van der Waals surface area contributed by atoms with Crippen LogP contribution >= 0.6 is 0 Å². The molecule has 0 radical (unpaired) electrons. The Morgan fingerprint density at radius 2 is 1.73 bits per heavy atom. The molecular formula is C24H28N2O4. The summed E-state index contributed by atoms with van der Waals surface area (Å²) in [6.45, 7) is 1.97. The Morgan fingerprint density at radius 1 is 1.03 bits per heavy atom. The van der Waals surface area contributed by atoms with Gasteiger partial charge in [0.25, 0.3) is 5.91 Å². The van der Waals surface area contributed by atoms with Gasteiger partial charge in [0, 0.05) is 31.3 Å². The number of piperidine rings is 1. The molecule has 0 saturated carbocycles. The van der Waals surface area contributed by atoms with Crippen LogP contribution in [0.3, 0.4) is 0 Å². The van der Waals surface area contributed by atoms with Gasteiger partial charge in [-0.25, -0.2) is 0 Å². The molecule has 0 bridgehead atoms. The van der Waals surface area contributed by atoms with Crippen LogP contribution < -0.4 is 14.8 Å². The minimum Gasteiger partial charge on any atom is -0.493 e. The van der Waals surface area contributed by atoms with E-state index in [4.69, 9.17) is 9.47 Å². The summed E-state index contributed by atoms with van der Waals surface area (Å²) in [6.07, 6.45) is 5.09. The number of methoxy groups -OCH3 is 2. The second kappa shape index (κ2) is 10.5. The van der Waals surface area contributed by atoms with E-state index in [0.717, 1.165) is 18.4 Å². The monoisotopic (exact) mass is 408 g/mol. The van der Waals surface area contributed by atoms with Crippen LogP contribution in [0.4, 0.5) is 0 Å². The molecular weight excluding hydrogens is 380 g/mol. The molecule has 2 aromatic carbocycles. The van der Waals surface area contributed by atoms with Crippen molar-refractivity contribution in [2.75, 3.05) is 33.9 Å². The third-order valence-corrected chi connectivity index (χ3v) is 5.32. The zero-order chi connectivity index (χ0) is 21.3. The van der Waals surface area contributed by atoms with Crippen molar-refractivity contribution < 1.29 is 19.1 Å². The molecule has 30 heavy (non-hydrogen) atoms. The molecule has 0 unspecified atom stereocenters. The van der Waals surface area contributed by atoms with Crippen LogP contribution in [0.1, 0.15) is 28.8 Å². The first kappa shape index (κ1) is 21.4. The fourth-order valence-electron chi connectivity index (χ4n) is 3.53. The third kappa shape index (κ3) is 5.63. The van der Waals surface area contributed by atoms with Crippen molar-refractivity contribution in [3.63, 3.8) is 0 Å². The Morgan fingerprint density at radius 3 is 2.40 bits per heavy atom. The van der Waals surface area contributed by atoms with Gasteiger partial charge in [-0.15, -0.1) is 0 Å². The van der Waals surface area contributed by atoms with E-state index in [-0.39, 0.29) is 11.8 Å². The number of nitrogens with zero attached hydrogens (tertiary/aromatic N) is 1. The Balaban J connectivity index is 1.46. The van der Waals surface area contributed by atoms with Gasteiger partial charge in [0.15, 0.2) is 11.5 Å². The molecule has 158 valence electrons. The van der Waals surface area contributed by atoms with Gasteiger partial charge in [0.1, 0.15) is 0 Å². The first-order valence-electron chi connectivity index (χ1n) is 10.1. The van der Waals surface area contributed by atoms with Gasteiger partial charge in [-0.1, -0.05) is 30.3 Å². The summed E-state index contributed by atoms with van der Waals surface area (Å²) in [5, 5.41) is 2.97. The molecule has 0 aliphatic carbocycles. The number of amides is 2. The lowest BCUT2D eigenvalue weighted by molar-refractivity contribution is -0.116. The van der Waals surface area contributed by atoms with Crippen molar-refractivity contribution in [1.29, 1.82) is 0 Å². The lowest BCUT2D eigenvalue weighted by Gasteiger charge is -2.32. The van der Waals surface area contributed by atoms with Gasteiger partial charge in [0.05, 0.1) is 14.2 Å². The zero-order valence-electron chi connectivity index (χ0n) is 17.5. The van der Waals surface area contributed by atoms with Crippen LogP contribution in [0.15, 0.2) is 54.6 Å². The predicted octanol–water partition coefficient (Wildman–Crippen LogP) is 3.39. The maximum atomic E-state index is 12.8. The van der Waals surface area contributed by atoms with Crippen LogP contribution in [0.2, 0.25) is 0 Å². The van der Waals surface area contributed by atoms with Crippen LogP contribution in [-0.4, -0.2) is 50.6 Å². The van der Waals surface area contributed by atoms with Gasteiger partial charge in [0.2, 0.25) is 5.91 Å². The van der Waals surface area contributed by atoms with Crippen LogP contribution in [-0.2, 0) is 4.79 Å². The lowest BCUT2D eigenvalue weighted by atomic mass is 9.96. The maximum absolute atomic E-state index is 12.8. The van der Waals surface area contributed by atoms with Crippen molar-refractivity contribution >= 4 is 17.9 Å². The van der Waals surface area contributed by atoms with E-state index in [1.165, 1.54) is 0 Å². The molecule has 2 amide bonds. The fraction of sp³-hybridized carbons (Fsp3) is 0.333. The molecule has 0 spiro atoms. The molecule has 1 heterocycles. The SMILES string of the molecule is COc1ccc(C(=O)N2CCC(CNC(=O)/C=C/c3ccccc3)CC2)cc1OC. The second-order valence-corrected chi connectivity index (χ2v) is 7.29. The fourth-order valence-corrected chi connectivity index (χ4v) is 3.53. The minimum absolute atomic E-state index is 0.00997. The highest BCUT2D eigenvalue weighted by molar-refractivity contribution is 5.95. The summed E-state index contributed by atoms with van der Waals surface area (Å²) in [5.41, 5.74) is 1.58. The highest BCUT2D eigenvalue weighted by Gasteiger charge is 2.24. The van der Waals surface area contributed by atoms with Crippen molar-refractivity contribution in [2.45, 2.75) is 12.8 Å². The number of hydrogen-bond acceptors (Lipinski definition) is 4. The summed E-state index contributed by atoms with van der Waals surface area (Å²) in [7, 11) is 3.13. The molecule has 1 aliphatic heterocycles. The normalized spacial score (nSPS) is 14.5. The van der Waals surface area contributed by atoms with Crippen molar-refractivity contribution in [3.8, 4) is 11.5 Å². The highest BCUT2D eigenvalue weighted by atomic mass is 16.5. The molecule has 1 fully saturated rings. The smallest absolute Gasteiger partial charge is 0.253 e. The summed E-state index contributed by atoms with van der Waals surface area (Å²) in [4.78, 5) is 26.7. The highest BCUT2D eigenvalue weighted by Crippen LogP contribution is 2.28. The average molecular weight is 408 g/mol. The number of carbonyl (C=O) groups is 2. The maximum Gasteiger partial charge on any atom is 0.253 e. The van der Waals surface area contributed by atoms with Gasteiger partial charge >= 0.3 is 0 Å². The second-order valence-electron chi connectivity index (χ2n) is 7.29. The molecule has 3 rings (SSSR count). The number of likely N-dealkylation sites (tertiary alicyclic amines) is 1. The standard InChI is InChI=1S/C24H28N2O4/c1-29-21-10-9-20(16-22(21)30-2)24(28)26-14-12-19(13-15-26)17-25-23(27)11-8-18-6-4-3-5-7-18/h3-11,16,19H,12-15,17H2,1-2H3,(H,25,27)/b11-8+. The van der Waals surface area contributed by atoms with Gasteiger partial charge < -0.3 is 19.7 Å². The number of ether oxygens (including phenoxy) is 2.